The molecule has 0 fully saturated rings. The lowest BCUT2D eigenvalue weighted by Gasteiger charge is -2.10. The molecule has 1 amide bonds. The molecular weight excluding hydrogens is 374 g/mol. The third-order valence-electron chi connectivity index (χ3n) is 3.21. The van der Waals surface area contributed by atoms with E-state index in [0.717, 1.165) is 27.2 Å². The third-order valence-corrected chi connectivity index (χ3v) is 4.82. The Hall–Kier alpha value is -1.46. The summed E-state index contributed by atoms with van der Waals surface area (Å²) in [6.45, 7) is 4.68. The van der Waals surface area contributed by atoms with Crippen LogP contribution in [0.2, 0.25) is 0 Å². The lowest BCUT2D eigenvalue weighted by molar-refractivity contribution is -0.113. The van der Waals surface area contributed by atoms with Gasteiger partial charge in [-0.1, -0.05) is 24.3 Å². The number of benzene rings is 2. The fourth-order valence-corrected chi connectivity index (χ4v) is 2.97. The summed E-state index contributed by atoms with van der Waals surface area (Å²) in [6, 6.07) is 13.8. The van der Waals surface area contributed by atoms with Crippen LogP contribution >= 0.6 is 27.7 Å². The molecule has 122 valence electrons. The Balaban J connectivity index is 1.68. The van der Waals surface area contributed by atoms with Gasteiger partial charge in [-0.25, -0.2) is 0 Å². The van der Waals surface area contributed by atoms with Crippen molar-refractivity contribution in [2.24, 2.45) is 0 Å². The maximum Gasteiger partial charge on any atom is 0.234 e. The van der Waals surface area contributed by atoms with Crippen molar-refractivity contribution < 1.29 is 9.53 Å². The minimum atomic E-state index is -0.00589. The van der Waals surface area contributed by atoms with Gasteiger partial charge in [-0.3, -0.25) is 4.79 Å². The molecule has 0 aromatic heterocycles. The van der Waals surface area contributed by atoms with Gasteiger partial charge in [-0.2, -0.15) is 0 Å². The summed E-state index contributed by atoms with van der Waals surface area (Å²) < 4.78 is 6.66. The van der Waals surface area contributed by atoms with Gasteiger partial charge in [0.2, 0.25) is 5.91 Å². The van der Waals surface area contributed by atoms with Gasteiger partial charge in [0.15, 0.2) is 0 Å². The van der Waals surface area contributed by atoms with E-state index in [-0.39, 0.29) is 5.91 Å². The van der Waals surface area contributed by atoms with E-state index in [2.05, 4.69) is 33.4 Å². The number of rotatable bonds is 7. The molecule has 2 rings (SSSR count). The zero-order valence-corrected chi connectivity index (χ0v) is 15.7. The molecule has 0 spiro atoms. The number of thioether (sulfide) groups is 1. The second-order valence-corrected chi connectivity index (χ2v) is 7.16. The molecule has 2 aromatic rings. The standard InChI is InChI=1S/C18H20BrNO2S/c1-13-7-8-14(2)17(11-13)22-9-10-23-12-18(21)20-16-6-4-3-5-15(16)19/h3-8,11H,9-10,12H2,1-2H3,(H,20,21). The monoisotopic (exact) mass is 393 g/mol. The molecular formula is C18H20BrNO2S. The second kappa shape index (κ2) is 8.99. The summed E-state index contributed by atoms with van der Waals surface area (Å²) >= 11 is 4.98. The van der Waals surface area contributed by atoms with Gasteiger partial charge in [-0.15, -0.1) is 11.8 Å². The number of ether oxygens (including phenoxy) is 1. The summed E-state index contributed by atoms with van der Waals surface area (Å²) in [5.74, 6) is 2.10. The predicted molar refractivity (Wildman–Crippen MR) is 102 cm³/mol. The lowest BCUT2D eigenvalue weighted by Crippen LogP contribution is -2.15. The van der Waals surface area contributed by atoms with Gasteiger partial charge in [0.05, 0.1) is 18.0 Å². The molecule has 2 aromatic carbocycles. The first-order valence-corrected chi connectivity index (χ1v) is 9.33. The Bertz CT molecular complexity index is 676. The fourth-order valence-electron chi connectivity index (χ4n) is 1.99. The number of hydrogen-bond donors (Lipinski definition) is 1. The third kappa shape index (κ3) is 5.92. The van der Waals surface area contributed by atoms with Crippen molar-refractivity contribution in [2.45, 2.75) is 13.8 Å². The maximum atomic E-state index is 11.9. The highest BCUT2D eigenvalue weighted by molar-refractivity contribution is 9.10. The van der Waals surface area contributed by atoms with Crippen LogP contribution in [0.1, 0.15) is 11.1 Å². The number of carbonyl (C=O) groups is 1. The molecule has 0 saturated carbocycles. The van der Waals surface area contributed by atoms with E-state index in [1.54, 1.807) is 11.8 Å². The Morgan fingerprint density at radius 2 is 2.00 bits per heavy atom. The Morgan fingerprint density at radius 1 is 1.22 bits per heavy atom. The highest BCUT2D eigenvalue weighted by atomic mass is 79.9. The van der Waals surface area contributed by atoms with E-state index in [0.29, 0.717) is 12.4 Å². The summed E-state index contributed by atoms with van der Waals surface area (Å²) in [6.07, 6.45) is 0. The van der Waals surface area contributed by atoms with Crippen LogP contribution in [0.25, 0.3) is 0 Å². The summed E-state index contributed by atoms with van der Waals surface area (Å²) in [7, 11) is 0. The van der Waals surface area contributed by atoms with E-state index in [1.807, 2.05) is 44.2 Å². The average molecular weight is 394 g/mol. The summed E-state index contributed by atoms with van der Waals surface area (Å²) in [5.41, 5.74) is 3.11. The van der Waals surface area contributed by atoms with E-state index in [1.165, 1.54) is 5.56 Å². The molecule has 0 atom stereocenters. The van der Waals surface area contributed by atoms with Crippen LogP contribution < -0.4 is 10.1 Å². The molecule has 3 nitrogen and oxygen atoms in total. The van der Waals surface area contributed by atoms with Crippen molar-refractivity contribution in [3.05, 3.63) is 58.1 Å². The lowest BCUT2D eigenvalue weighted by atomic mass is 10.1. The van der Waals surface area contributed by atoms with Gasteiger partial charge in [-0.05, 0) is 59.1 Å². The fraction of sp³-hybridized carbons (Fsp3) is 0.278. The molecule has 23 heavy (non-hydrogen) atoms. The molecule has 0 aliphatic heterocycles. The van der Waals surface area contributed by atoms with Crippen LogP contribution in [0.4, 0.5) is 5.69 Å². The van der Waals surface area contributed by atoms with Crippen molar-refractivity contribution in [1.29, 1.82) is 0 Å². The quantitative estimate of drug-likeness (QED) is 0.685. The number of hydrogen-bond acceptors (Lipinski definition) is 3. The molecule has 1 N–H and O–H groups in total. The number of halogens is 1. The van der Waals surface area contributed by atoms with Crippen LogP contribution in [0.5, 0.6) is 5.75 Å². The van der Waals surface area contributed by atoms with E-state index in [9.17, 15) is 4.79 Å². The Kier molecular flexibility index (Phi) is 6.99. The highest BCUT2D eigenvalue weighted by Crippen LogP contribution is 2.21. The number of amides is 1. The summed E-state index contributed by atoms with van der Waals surface area (Å²) in [5, 5.41) is 2.89. The van der Waals surface area contributed by atoms with Crippen molar-refractivity contribution in [3.63, 3.8) is 0 Å². The maximum absolute atomic E-state index is 11.9. The van der Waals surface area contributed by atoms with Crippen LogP contribution in [-0.4, -0.2) is 24.0 Å². The first-order chi connectivity index (χ1) is 11.1. The van der Waals surface area contributed by atoms with Crippen molar-refractivity contribution in [2.75, 3.05) is 23.4 Å². The molecule has 0 bridgehead atoms. The van der Waals surface area contributed by atoms with Crippen molar-refractivity contribution in [3.8, 4) is 5.75 Å². The van der Waals surface area contributed by atoms with Gasteiger partial charge in [0.25, 0.3) is 0 Å². The van der Waals surface area contributed by atoms with Crippen LogP contribution in [-0.2, 0) is 4.79 Å². The zero-order chi connectivity index (χ0) is 16.7. The number of aryl methyl sites for hydroxylation is 2. The number of carbonyl (C=O) groups excluding carboxylic acids is 1. The smallest absolute Gasteiger partial charge is 0.234 e. The van der Waals surface area contributed by atoms with Gasteiger partial charge in [0, 0.05) is 10.2 Å². The molecule has 0 aliphatic carbocycles. The second-order valence-electron chi connectivity index (χ2n) is 5.20. The SMILES string of the molecule is Cc1ccc(C)c(OCCSCC(=O)Nc2ccccc2Br)c1. The Labute approximate surface area is 149 Å². The number of anilines is 1. The zero-order valence-electron chi connectivity index (χ0n) is 13.3. The van der Waals surface area contributed by atoms with E-state index in [4.69, 9.17) is 4.74 Å². The van der Waals surface area contributed by atoms with Crippen LogP contribution in [0.3, 0.4) is 0 Å². The first kappa shape index (κ1) is 17.9. The summed E-state index contributed by atoms with van der Waals surface area (Å²) in [4.78, 5) is 11.9. The predicted octanol–water partition coefficient (Wildman–Crippen LogP) is 4.82. The minimum absolute atomic E-state index is 0.00589. The highest BCUT2D eigenvalue weighted by Gasteiger charge is 2.05. The van der Waals surface area contributed by atoms with Gasteiger partial charge < -0.3 is 10.1 Å². The normalized spacial score (nSPS) is 10.4. The molecule has 5 heteroatoms. The Morgan fingerprint density at radius 3 is 2.78 bits per heavy atom. The van der Waals surface area contributed by atoms with Gasteiger partial charge in [0.1, 0.15) is 5.75 Å². The number of para-hydroxylation sites is 1. The van der Waals surface area contributed by atoms with E-state index < -0.39 is 0 Å². The van der Waals surface area contributed by atoms with Crippen molar-refractivity contribution >= 4 is 39.3 Å². The number of nitrogens with one attached hydrogen (secondary N) is 1. The van der Waals surface area contributed by atoms with Crippen molar-refractivity contribution in [1.82, 2.24) is 0 Å². The molecule has 0 radical (unpaired) electrons. The molecule has 0 saturated heterocycles. The minimum Gasteiger partial charge on any atom is -0.492 e. The van der Waals surface area contributed by atoms with Crippen LogP contribution in [0.15, 0.2) is 46.9 Å². The molecule has 0 unspecified atom stereocenters. The molecule has 0 aliphatic rings. The van der Waals surface area contributed by atoms with E-state index >= 15 is 0 Å². The first-order valence-electron chi connectivity index (χ1n) is 7.38. The topological polar surface area (TPSA) is 38.3 Å². The van der Waals surface area contributed by atoms with Gasteiger partial charge >= 0.3 is 0 Å². The molecule has 0 heterocycles. The van der Waals surface area contributed by atoms with Crippen LogP contribution in [0, 0.1) is 13.8 Å². The largest absolute Gasteiger partial charge is 0.492 e. The average Bonchev–Trinajstić information content (AvgIpc) is 2.52.